The average molecular weight is 113 g/mol. The fraction of sp³-hybridized carbons (Fsp3) is 1.00. The van der Waals surface area contributed by atoms with Crippen LogP contribution < -0.4 is 5.73 Å². The molecule has 0 saturated heterocycles. The van der Waals surface area contributed by atoms with Crippen LogP contribution in [0.15, 0.2) is 0 Å². The van der Waals surface area contributed by atoms with E-state index in [4.69, 9.17) is 10.8 Å². The molecule has 46 valence electrons. The fourth-order valence-electron chi connectivity index (χ4n) is 1.80. The number of rotatable bonds is 0. The van der Waals surface area contributed by atoms with Gasteiger partial charge in [0.25, 0.3) is 0 Å². The lowest BCUT2D eigenvalue weighted by Crippen LogP contribution is -2.21. The zero-order valence-electron chi connectivity index (χ0n) is 4.75. The average Bonchev–Trinajstić information content (AvgIpc) is 2.35. The van der Waals surface area contributed by atoms with Crippen molar-refractivity contribution < 1.29 is 5.11 Å². The van der Waals surface area contributed by atoms with Gasteiger partial charge >= 0.3 is 0 Å². The SMILES string of the molecule is N[C@H]1C[C@@H](O)[C@@H]2C[C@@H]21. The third-order valence-corrected chi connectivity index (χ3v) is 2.45. The number of hydrogen-bond donors (Lipinski definition) is 2. The summed E-state index contributed by atoms with van der Waals surface area (Å²) in [7, 11) is 0. The second-order valence-electron chi connectivity index (χ2n) is 3.03. The summed E-state index contributed by atoms with van der Waals surface area (Å²) < 4.78 is 0. The second kappa shape index (κ2) is 1.25. The van der Waals surface area contributed by atoms with E-state index in [1.807, 2.05) is 0 Å². The Morgan fingerprint density at radius 1 is 1.25 bits per heavy atom. The van der Waals surface area contributed by atoms with Crippen molar-refractivity contribution in [3.05, 3.63) is 0 Å². The van der Waals surface area contributed by atoms with Crippen molar-refractivity contribution in [3.8, 4) is 0 Å². The Morgan fingerprint density at radius 3 is 2.12 bits per heavy atom. The molecule has 0 bridgehead atoms. The van der Waals surface area contributed by atoms with Crippen molar-refractivity contribution in [2.45, 2.75) is 25.0 Å². The molecule has 0 aromatic heterocycles. The lowest BCUT2D eigenvalue weighted by Gasteiger charge is -2.04. The number of aliphatic hydroxyl groups is 1. The van der Waals surface area contributed by atoms with E-state index >= 15 is 0 Å². The quantitative estimate of drug-likeness (QED) is 0.453. The Balaban J connectivity index is 2.09. The Labute approximate surface area is 48.7 Å². The van der Waals surface area contributed by atoms with Gasteiger partial charge in [0.1, 0.15) is 0 Å². The molecule has 2 rings (SSSR count). The molecule has 2 aliphatic rings. The predicted octanol–water partition coefficient (Wildman–Crippen LogP) is -0.286. The molecule has 0 aromatic rings. The smallest absolute Gasteiger partial charge is 0.0586 e. The molecule has 3 N–H and O–H groups in total. The summed E-state index contributed by atoms with van der Waals surface area (Å²) in [6, 6.07) is 0.315. The minimum absolute atomic E-state index is 0.0602. The number of hydrogen-bond acceptors (Lipinski definition) is 2. The van der Waals surface area contributed by atoms with Gasteiger partial charge in [-0.15, -0.1) is 0 Å². The van der Waals surface area contributed by atoms with Crippen LogP contribution in [-0.4, -0.2) is 17.3 Å². The molecule has 0 unspecified atom stereocenters. The Hall–Kier alpha value is -0.0800. The number of nitrogens with two attached hydrogens (primary N) is 1. The summed E-state index contributed by atoms with van der Waals surface area (Å²) in [5.74, 6) is 1.27. The highest BCUT2D eigenvalue weighted by atomic mass is 16.3. The maximum atomic E-state index is 9.13. The molecule has 0 aliphatic heterocycles. The Bertz CT molecular complexity index is 99.1. The van der Waals surface area contributed by atoms with E-state index in [-0.39, 0.29) is 6.10 Å². The van der Waals surface area contributed by atoms with Gasteiger partial charge < -0.3 is 10.8 Å². The minimum atomic E-state index is -0.0602. The van der Waals surface area contributed by atoms with Crippen LogP contribution in [0.3, 0.4) is 0 Å². The van der Waals surface area contributed by atoms with Crippen LogP contribution in [0.5, 0.6) is 0 Å². The van der Waals surface area contributed by atoms with E-state index in [0.29, 0.717) is 17.9 Å². The van der Waals surface area contributed by atoms with Crippen molar-refractivity contribution in [1.29, 1.82) is 0 Å². The van der Waals surface area contributed by atoms with Crippen LogP contribution in [-0.2, 0) is 0 Å². The molecule has 0 amide bonds. The topological polar surface area (TPSA) is 46.2 Å². The number of fused-ring (bicyclic) bond motifs is 1. The van der Waals surface area contributed by atoms with Crippen molar-refractivity contribution in [2.24, 2.45) is 17.6 Å². The molecule has 2 fully saturated rings. The van der Waals surface area contributed by atoms with Gasteiger partial charge in [0.15, 0.2) is 0 Å². The summed E-state index contributed by atoms with van der Waals surface area (Å²) in [6.07, 6.45) is 1.97. The first-order chi connectivity index (χ1) is 3.79. The lowest BCUT2D eigenvalue weighted by atomic mass is 10.2. The maximum Gasteiger partial charge on any atom is 0.0586 e. The summed E-state index contributed by atoms with van der Waals surface area (Å²) in [6.45, 7) is 0. The summed E-state index contributed by atoms with van der Waals surface area (Å²) in [5, 5.41) is 9.13. The third kappa shape index (κ3) is 0.446. The van der Waals surface area contributed by atoms with Crippen LogP contribution in [0.4, 0.5) is 0 Å². The van der Waals surface area contributed by atoms with E-state index in [0.717, 1.165) is 6.42 Å². The molecule has 2 heteroatoms. The minimum Gasteiger partial charge on any atom is -0.393 e. The first-order valence-electron chi connectivity index (χ1n) is 3.22. The molecule has 2 nitrogen and oxygen atoms in total. The van der Waals surface area contributed by atoms with Gasteiger partial charge in [-0.1, -0.05) is 0 Å². The van der Waals surface area contributed by atoms with E-state index in [1.54, 1.807) is 0 Å². The molecular formula is C6H11NO. The van der Waals surface area contributed by atoms with Crippen LogP contribution in [0, 0.1) is 11.8 Å². The number of aliphatic hydroxyl groups excluding tert-OH is 1. The summed E-state index contributed by atoms with van der Waals surface area (Å²) >= 11 is 0. The van der Waals surface area contributed by atoms with E-state index in [9.17, 15) is 0 Å². The highest BCUT2D eigenvalue weighted by Crippen LogP contribution is 2.50. The third-order valence-electron chi connectivity index (χ3n) is 2.45. The molecule has 2 aliphatic carbocycles. The monoisotopic (exact) mass is 113 g/mol. The maximum absolute atomic E-state index is 9.13. The second-order valence-corrected chi connectivity index (χ2v) is 3.03. The van der Waals surface area contributed by atoms with Gasteiger partial charge in [0.2, 0.25) is 0 Å². The molecule has 4 atom stereocenters. The van der Waals surface area contributed by atoms with Crippen LogP contribution in [0.2, 0.25) is 0 Å². The first kappa shape index (κ1) is 4.77. The van der Waals surface area contributed by atoms with Gasteiger partial charge in [0, 0.05) is 6.04 Å². The molecule has 0 spiro atoms. The molecule has 0 radical (unpaired) electrons. The van der Waals surface area contributed by atoms with Crippen molar-refractivity contribution in [1.82, 2.24) is 0 Å². The Kier molecular flexibility index (Phi) is 0.746. The zero-order chi connectivity index (χ0) is 5.72. The van der Waals surface area contributed by atoms with Gasteiger partial charge in [-0.25, -0.2) is 0 Å². The van der Waals surface area contributed by atoms with Crippen LogP contribution in [0.25, 0.3) is 0 Å². The highest BCUT2D eigenvalue weighted by Gasteiger charge is 2.52. The molecule has 0 heterocycles. The molecule has 2 saturated carbocycles. The van der Waals surface area contributed by atoms with Gasteiger partial charge in [-0.3, -0.25) is 0 Å². The molecular weight excluding hydrogens is 102 g/mol. The van der Waals surface area contributed by atoms with Gasteiger partial charge in [-0.05, 0) is 24.7 Å². The van der Waals surface area contributed by atoms with E-state index in [1.165, 1.54) is 6.42 Å². The molecule has 0 aromatic carbocycles. The lowest BCUT2D eigenvalue weighted by molar-refractivity contribution is 0.157. The Morgan fingerprint density at radius 2 is 2.00 bits per heavy atom. The predicted molar refractivity (Wildman–Crippen MR) is 30.2 cm³/mol. The van der Waals surface area contributed by atoms with Gasteiger partial charge in [0.05, 0.1) is 6.10 Å². The van der Waals surface area contributed by atoms with Crippen molar-refractivity contribution in [2.75, 3.05) is 0 Å². The van der Waals surface area contributed by atoms with Crippen molar-refractivity contribution >= 4 is 0 Å². The first-order valence-corrected chi connectivity index (χ1v) is 3.22. The zero-order valence-corrected chi connectivity index (χ0v) is 4.75. The van der Waals surface area contributed by atoms with E-state index in [2.05, 4.69) is 0 Å². The van der Waals surface area contributed by atoms with Crippen LogP contribution >= 0.6 is 0 Å². The largest absolute Gasteiger partial charge is 0.393 e. The normalized spacial score (nSPS) is 60.8. The standard InChI is InChI=1S/C6H11NO/c7-5-2-6(8)4-1-3(4)5/h3-6,8H,1-2,7H2/t3-,4+,5-,6+/m0/s1. The highest BCUT2D eigenvalue weighted by molar-refractivity contribution is 5.04. The summed E-state index contributed by atoms with van der Waals surface area (Å²) in [5.41, 5.74) is 5.65. The van der Waals surface area contributed by atoms with E-state index < -0.39 is 0 Å². The molecule has 8 heavy (non-hydrogen) atoms. The fourth-order valence-corrected chi connectivity index (χ4v) is 1.80. The van der Waals surface area contributed by atoms with Crippen LogP contribution in [0.1, 0.15) is 12.8 Å². The summed E-state index contributed by atoms with van der Waals surface area (Å²) in [4.78, 5) is 0. The van der Waals surface area contributed by atoms with Gasteiger partial charge in [-0.2, -0.15) is 0 Å². The van der Waals surface area contributed by atoms with Crippen molar-refractivity contribution in [3.63, 3.8) is 0 Å².